The van der Waals surface area contributed by atoms with Crippen LogP contribution in [0, 0.1) is 5.82 Å². The SMILES string of the molecule is CCNCc1cccc(F)c1N(C)C(C)CC. The number of hydrogen-bond acceptors (Lipinski definition) is 2. The standard InChI is InChI=1S/C14H23FN2/c1-5-11(3)17(4)14-12(10-16-6-2)8-7-9-13(14)15/h7-9,11,16H,5-6,10H2,1-4H3. The second-order valence-corrected chi connectivity index (χ2v) is 4.40. The van der Waals surface area contributed by atoms with Crippen molar-refractivity contribution < 1.29 is 4.39 Å². The van der Waals surface area contributed by atoms with Crippen molar-refractivity contribution in [2.45, 2.75) is 39.8 Å². The third-order valence-electron chi connectivity index (χ3n) is 3.24. The molecule has 0 spiro atoms. The van der Waals surface area contributed by atoms with Crippen molar-refractivity contribution in [3.8, 4) is 0 Å². The Bertz CT molecular complexity index is 352. The van der Waals surface area contributed by atoms with Gasteiger partial charge in [0.1, 0.15) is 5.82 Å². The van der Waals surface area contributed by atoms with E-state index in [9.17, 15) is 4.39 Å². The zero-order valence-electron chi connectivity index (χ0n) is 11.3. The summed E-state index contributed by atoms with van der Waals surface area (Å²) in [6, 6.07) is 5.63. The molecule has 0 saturated carbocycles. The summed E-state index contributed by atoms with van der Waals surface area (Å²) >= 11 is 0. The van der Waals surface area contributed by atoms with Gasteiger partial charge in [0.25, 0.3) is 0 Å². The summed E-state index contributed by atoms with van der Waals surface area (Å²) in [5, 5.41) is 3.25. The van der Waals surface area contributed by atoms with Crippen molar-refractivity contribution in [2.75, 3.05) is 18.5 Å². The molecule has 1 aromatic rings. The first-order chi connectivity index (χ1) is 8.11. The fourth-order valence-corrected chi connectivity index (χ4v) is 1.85. The van der Waals surface area contributed by atoms with Gasteiger partial charge in [0, 0.05) is 19.6 Å². The molecular weight excluding hydrogens is 215 g/mol. The molecule has 1 unspecified atom stereocenters. The van der Waals surface area contributed by atoms with Gasteiger partial charge in [-0.1, -0.05) is 26.0 Å². The molecule has 17 heavy (non-hydrogen) atoms. The minimum atomic E-state index is -0.136. The predicted octanol–water partition coefficient (Wildman–Crippen LogP) is 3.17. The molecule has 1 atom stereocenters. The van der Waals surface area contributed by atoms with Gasteiger partial charge in [0.05, 0.1) is 5.69 Å². The van der Waals surface area contributed by atoms with Crippen molar-refractivity contribution in [2.24, 2.45) is 0 Å². The van der Waals surface area contributed by atoms with E-state index in [4.69, 9.17) is 0 Å². The highest BCUT2D eigenvalue weighted by Gasteiger charge is 2.16. The van der Waals surface area contributed by atoms with Crippen molar-refractivity contribution in [3.05, 3.63) is 29.6 Å². The molecule has 0 aromatic heterocycles. The highest BCUT2D eigenvalue weighted by atomic mass is 19.1. The van der Waals surface area contributed by atoms with Crippen LogP contribution >= 0.6 is 0 Å². The smallest absolute Gasteiger partial charge is 0.146 e. The van der Waals surface area contributed by atoms with E-state index in [1.54, 1.807) is 6.07 Å². The molecule has 0 aliphatic carbocycles. The number of nitrogens with one attached hydrogen (secondary N) is 1. The highest BCUT2D eigenvalue weighted by molar-refractivity contribution is 5.55. The fourth-order valence-electron chi connectivity index (χ4n) is 1.85. The number of rotatable bonds is 6. The Balaban J connectivity index is 3.02. The molecule has 1 rings (SSSR count). The normalized spacial score (nSPS) is 12.5. The highest BCUT2D eigenvalue weighted by Crippen LogP contribution is 2.25. The van der Waals surface area contributed by atoms with Gasteiger partial charge in [-0.2, -0.15) is 0 Å². The summed E-state index contributed by atoms with van der Waals surface area (Å²) < 4.78 is 14.0. The lowest BCUT2D eigenvalue weighted by atomic mass is 10.1. The van der Waals surface area contributed by atoms with Gasteiger partial charge in [-0.25, -0.2) is 4.39 Å². The topological polar surface area (TPSA) is 15.3 Å². The molecule has 0 bridgehead atoms. The first-order valence-corrected chi connectivity index (χ1v) is 6.32. The number of nitrogens with zero attached hydrogens (tertiary/aromatic N) is 1. The van der Waals surface area contributed by atoms with Gasteiger partial charge in [0.2, 0.25) is 0 Å². The van der Waals surface area contributed by atoms with Gasteiger partial charge >= 0.3 is 0 Å². The quantitative estimate of drug-likeness (QED) is 0.819. The van der Waals surface area contributed by atoms with Crippen LogP contribution in [0.4, 0.5) is 10.1 Å². The Hall–Kier alpha value is -1.09. The molecule has 0 aliphatic heterocycles. The lowest BCUT2D eigenvalue weighted by molar-refractivity contribution is 0.592. The molecule has 3 heteroatoms. The van der Waals surface area contributed by atoms with Gasteiger partial charge in [-0.15, -0.1) is 0 Å². The third-order valence-corrected chi connectivity index (χ3v) is 3.24. The molecule has 2 nitrogen and oxygen atoms in total. The molecule has 0 radical (unpaired) electrons. The number of halogens is 1. The summed E-state index contributed by atoms with van der Waals surface area (Å²) in [5.41, 5.74) is 1.75. The van der Waals surface area contributed by atoms with Crippen LogP contribution in [0.2, 0.25) is 0 Å². The molecule has 0 saturated heterocycles. The molecule has 0 heterocycles. The Morgan fingerprint density at radius 2 is 2.06 bits per heavy atom. The summed E-state index contributed by atoms with van der Waals surface area (Å²) in [4.78, 5) is 2.03. The van der Waals surface area contributed by atoms with Crippen molar-refractivity contribution in [1.29, 1.82) is 0 Å². The maximum atomic E-state index is 14.0. The van der Waals surface area contributed by atoms with Crippen molar-refractivity contribution in [3.63, 3.8) is 0 Å². The maximum absolute atomic E-state index is 14.0. The lowest BCUT2D eigenvalue weighted by Crippen LogP contribution is -2.30. The van der Waals surface area contributed by atoms with Crippen LogP contribution in [0.15, 0.2) is 18.2 Å². The van der Waals surface area contributed by atoms with E-state index in [1.807, 2.05) is 18.0 Å². The third kappa shape index (κ3) is 3.43. The van der Waals surface area contributed by atoms with Gasteiger partial charge in [0.15, 0.2) is 0 Å². The lowest BCUT2D eigenvalue weighted by Gasteiger charge is -2.28. The van der Waals surface area contributed by atoms with Crippen LogP contribution in [0.3, 0.4) is 0 Å². The van der Waals surface area contributed by atoms with Crippen LogP contribution in [-0.2, 0) is 6.54 Å². The van der Waals surface area contributed by atoms with Crippen LogP contribution in [0.25, 0.3) is 0 Å². The van der Waals surface area contributed by atoms with Gasteiger partial charge < -0.3 is 10.2 Å². The van der Waals surface area contributed by atoms with Crippen LogP contribution in [0.1, 0.15) is 32.8 Å². The zero-order valence-corrected chi connectivity index (χ0v) is 11.3. The molecule has 96 valence electrons. The Labute approximate surface area is 104 Å². The molecule has 0 aliphatic rings. The molecule has 1 aromatic carbocycles. The van der Waals surface area contributed by atoms with Crippen LogP contribution < -0.4 is 10.2 Å². The Morgan fingerprint density at radius 3 is 2.65 bits per heavy atom. The van der Waals surface area contributed by atoms with E-state index in [0.29, 0.717) is 12.6 Å². The van der Waals surface area contributed by atoms with E-state index in [2.05, 4.69) is 26.1 Å². The largest absolute Gasteiger partial charge is 0.369 e. The minimum Gasteiger partial charge on any atom is -0.369 e. The second-order valence-electron chi connectivity index (χ2n) is 4.40. The first kappa shape index (κ1) is 14.0. The van der Waals surface area contributed by atoms with Crippen LogP contribution in [0.5, 0.6) is 0 Å². The van der Waals surface area contributed by atoms with Gasteiger partial charge in [-0.3, -0.25) is 0 Å². The average molecular weight is 238 g/mol. The Morgan fingerprint density at radius 1 is 1.35 bits per heavy atom. The van der Waals surface area contributed by atoms with E-state index in [-0.39, 0.29) is 5.82 Å². The van der Waals surface area contributed by atoms with E-state index in [1.165, 1.54) is 6.07 Å². The van der Waals surface area contributed by atoms with Crippen LogP contribution in [-0.4, -0.2) is 19.6 Å². The molecule has 1 N–H and O–H groups in total. The monoisotopic (exact) mass is 238 g/mol. The van der Waals surface area contributed by atoms with E-state index >= 15 is 0 Å². The predicted molar refractivity (Wildman–Crippen MR) is 71.9 cm³/mol. The van der Waals surface area contributed by atoms with Crippen molar-refractivity contribution >= 4 is 5.69 Å². The van der Waals surface area contributed by atoms with Crippen molar-refractivity contribution in [1.82, 2.24) is 5.32 Å². The van der Waals surface area contributed by atoms with E-state index in [0.717, 1.165) is 24.2 Å². The number of benzene rings is 1. The zero-order chi connectivity index (χ0) is 12.8. The first-order valence-electron chi connectivity index (χ1n) is 6.32. The average Bonchev–Trinajstić information content (AvgIpc) is 2.34. The van der Waals surface area contributed by atoms with Gasteiger partial charge in [-0.05, 0) is 31.5 Å². The second kappa shape index (κ2) is 6.60. The Kier molecular flexibility index (Phi) is 5.42. The molecule has 0 fully saturated rings. The fraction of sp³-hybridized carbons (Fsp3) is 0.571. The number of hydrogen-bond donors (Lipinski definition) is 1. The summed E-state index contributed by atoms with van der Waals surface area (Å²) in [5.74, 6) is -0.136. The number of anilines is 1. The maximum Gasteiger partial charge on any atom is 0.146 e. The molecular formula is C14H23FN2. The number of para-hydroxylation sites is 1. The van der Waals surface area contributed by atoms with E-state index < -0.39 is 0 Å². The minimum absolute atomic E-state index is 0.136. The summed E-state index contributed by atoms with van der Waals surface area (Å²) in [6.07, 6.45) is 1.01. The summed E-state index contributed by atoms with van der Waals surface area (Å²) in [6.45, 7) is 7.89. The molecule has 0 amide bonds. The summed E-state index contributed by atoms with van der Waals surface area (Å²) in [7, 11) is 1.96.